The Labute approximate surface area is 140 Å². The van der Waals surface area contributed by atoms with Crippen molar-refractivity contribution in [3.05, 3.63) is 34.6 Å². The van der Waals surface area contributed by atoms with Crippen LogP contribution in [0, 0.1) is 11.3 Å². The predicted octanol–water partition coefficient (Wildman–Crippen LogP) is 2.95. The lowest BCUT2D eigenvalue weighted by Crippen LogP contribution is -2.33. The van der Waals surface area contributed by atoms with Gasteiger partial charge in [-0.15, -0.1) is 5.10 Å². The van der Waals surface area contributed by atoms with Gasteiger partial charge in [0.1, 0.15) is 6.07 Å². The van der Waals surface area contributed by atoms with Gasteiger partial charge in [-0.1, -0.05) is 30.9 Å². The van der Waals surface area contributed by atoms with Gasteiger partial charge < -0.3 is 0 Å². The third-order valence-electron chi connectivity index (χ3n) is 4.43. The van der Waals surface area contributed by atoms with Gasteiger partial charge in [-0.25, -0.2) is 0 Å². The van der Waals surface area contributed by atoms with Gasteiger partial charge in [0.2, 0.25) is 0 Å². The zero-order valence-electron chi connectivity index (χ0n) is 13.1. The molecule has 6 nitrogen and oxygen atoms in total. The van der Waals surface area contributed by atoms with Gasteiger partial charge in [0.25, 0.3) is 0 Å². The number of halogens is 1. The molecule has 0 N–H and O–H groups in total. The molecule has 0 bridgehead atoms. The van der Waals surface area contributed by atoms with Crippen molar-refractivity contribution < 1.29 is 0 Å². The number of hydrogen-bond donors (Lipinski definition) is 0. The second-order valence-electron chi connectivity index (χ2n) is 5.99. The maximum atomic E-state index is 9.32. The van der Waals surface area contributed by atoms with Crippen molar-refractivity contribution in [1.29, 1.82) is 5.26 Å². The molecule has 3 rings (SSSR count). The summed E-state index contributed by atoms with van der Waals surface area (Å²) in [6.45, 7) is 0.658. The largest absolute Gasteiger partial charge is 0.296 e. The fourth-order valence-corrected chi connectivity index (χ4v) is 3.32. The van der Waals surface area contributed by atoms with E-state index in [2.05, 4.69) is 33.5 Å². The average Bonchev–Trinajstić information content (AvgIpc) is 3.03. The monoisotopic (exact) mass is 330 g/mol. The minimum absolute atomic E-state index is 0.464. The summed E-state index contributed by atoms with van der Waals surface area (Å²) in [5.41, 5.74) is 1.13. The molecule has 1 aliphatic rings. The van der Waals surface area contributed by atoms with Crippen LogP contribution in [-0.4, -0.2) is 38.2 Å². The van der Waals surface area contributed by atoms with E-state index in [1.54, 1.807) is 22.9 Å². The van der Waals surface area contributed by atoms with Crippen LogP contribution >= 0.6 is 11.6 Å². The van der Waals surface area contributed by atoms with Crippen molar-refractivity contribution in [2.24, 2.45) is 0 Å². The Morgan fingerprint density at radius 3 is 2.87 bits per heavy atom. The molecule has 1 aliphatic carbocycles. The highest BCUT2D eigenvalue weighted by Gasteiger charge is 2.21. The highest BCUT2D eigenvalue weighted by Crippen LogP contribution is 2.24. The number of hydrogen-bond acceptors (Lipinski definition) is 5. The van der Waals surface area contributed by atoms with Crippen molar-refractivity contribution in [1.82, 2.24) is 25.1 Å². The van der Waals surface area contributed by atoms with Crippen molar-refractivity contribution in [2.45, 2.75) is 44.7 Å². The van der Waals surface area contributed by atoms with E-state index in [1.165, 1.54) is 32.1 Å². The Morgan fingerprint density at radius 2 is 2.13 bits per heavy atom. The lowest BCUT2D eigenvalue weighted by Gasteiger charge is -2.30. The van der Waals surface area contributed by atoms with Gasteiger partial charge >= 0.3 is 0 Å². The number of nitriles is 1. The minimum atomic E-state index is 0.464. The first-order valence-corrected chi connectivity index (χ1v) is 8.24. The highest BCUT2D eigenvalue weighted by atomic mass is 35.5. The van der Waals surface area contributed by atoms with Crippen LogP contribution in [0.25, 0.3) is 5.69 Å². The molecule has 7 heteroatoms. The summed E-state index contributed by atoms with van der Waals surface area (Å²) in [5.74, 6) is 0.733. The summed E-state index contributed by atoms with van der Waals surface area (Å²) in [5, 5.41) is 21.8. The van der Waals surface area contributed by atoms with Crippen LogP contribution in [0.3, 0.4) is 0 Å². The summed E-state index contributed by atoms with van der Waals surface area (Å²) >= 11 is 5.96. The Bertz CT molecular complexity index is 714. The van der Waals surface area contributed by atoms with Crippen LogP contribution in [0.15, 0.2) is 18.2 Å². The van der Waals surface area contributed by atoms with Crippen LogP contribution in [0.1, 0.15) is 43.5 Å². The first kappa shape index (κ1) is 15.9. The summed E-state index contributed by atoms with van der Waals surface area (Å²) in [7, 11) is 2.11. The lowest BCUT2D eigenvalue weighted by molar-refractivity contribution is 0.179. The van der Waals surface area contributed by atoms with Gasteiger partial charge in [-0.3, -0.25) is 4.90 Å². The lowest BCUT2D eigenvalue weighted by atomic mass is 9.94. The third kappa shape index (κ3) is 3.52. The third-order valence-corrected chi connectivity index (χ3v) is 4.67. The average molecular weight is 331 g/mol. The summed E-state index contributed by atoms with van der Waals surface area (Å²) in [6, 6.07) is 7.89. The molecule has 2 aromatic rings. The molecule has 23 heavy (non-hydrogen) atoms. The van der Waals surface area contributed by atoms with Crippen molar-refractivity contribution >= 4 is 11.6 Å². The molecule has 1 fully saturated rings. The number of rotatable bonds is 4. The molecule has 0 aliphatic heterocycles. The van der Waals surface area contributed by atoms with E-state index in [1.807, 2.05) is 0 Å². The molecule has 1 aromatic carbocycles. The molecule has 0 radical (unpaired) electrons. The van der Waals surface area contributed by atoms with E-state index in [0.717, 1.165) is 5.82 Å². The molecular formula is C16H19ClN6. The standard InChI is InChI=1S/C16H19ClN6/c1-22(14-5-3-2-4-6-14)11-16-19-20-21-23(16)15-8-7-13(17)9-12(15)10-18/h7-9,14H,2-6,11H2,1H3. The Hall–Kier alpha value is -1.97. The number of nitrogens with zero attached hydrogens (tertiary/aromatic N) is 6. The van der Waals surface area contributed by atoms with Crippen LogP contribution in [0.2, 0.25) is 5.02 Å². The van der Waals surface area contributed by atoms with Crippen molar-refractivity contribution in [3.63, 3.8) is 0 Å². The quantitative estimate of drug-likeness (QED) is 0.862. The predicted molar refractivity (Wildman–Crippen MR) is 87.2 cm³/mol. The van der Waals surface area contributed by atoms with Crippen LogP contribution in [0.5, 0.6) is 0 Å². The molecule has 0 saturated heterocycles. The number of aromatic nitrogens is 4. The summed E-state index contributed by atoms with van der Waals surface area (Å²) in [6.07, 6.45) is 6.36. The maximum Gasteiger partial charge on any atom is 0.170 e. The van der Waals surface area contributed by atoms with Crippen LogP contribution < -0.4 is 0 Å². The van der Waals surface area contributed by atoms with Gasteiger partial charge in [0, 0.05) is 11.1 Å². The van der Waals surface area contributed by atoms with Gasteiger partial charge in [0.15, 0.2) is 5.82 Å². The fourth-order valence-electron chi connectivity index (χ4n) is 3.15. The fraction of sp³-hybridized carbons (Fsp3) is 0.500. The zero-order valence-corrected chi connectivity index (χ0v) is 13.9. The van der Waals surface area contributed by atoms with Gasteiger partial charge in [-0.2, -0.15) is 9.94 Å². The van der Waals surface area contributed by atoms with Crippen molar-refractivity contribution in [2.75, 3.05) is 7.05 Å². The second kappa shape index (κ2) is 7.07. The Morgan fingerprint density at radius 1 is 1.35 bits per heavy atom. The Balaban J connectivity index is 1.84. The van der Waals surface area contributed by atoms with Crippen molar-refractivity contribution in [3.8, 4) is 11.8 Å². The number of tetrazole rings is 1. The number of benzene rings is 1. The molecule has 0 unspecified atom stereocenters. The van der Waals surface area contributed by atoms with E-state index in [9.17, 15) is 5.26 Å². The zero-order chi connectivity index (χ0) is 16.2. The smallest absolute Gasteiger partial charge is 0.170 e. The second-order valence-corrected chi connectivity index (χ2v) is 6.42. The van der Waals surface area contributed by atoms with Gasteiger partial charge in [-0.05, 0) is 48.5 Å². The molecule has 0 atom stereocenters. The van der Waals surface area contributed by atoms with Crippen LogP contribution in [0.4, 0.5) is 0 Å². The van der Waals surface area contributed by atoms with E-state index in [4.69, 9.17) is 11.6 Å². The maximum absolute atomic E-state index is 9.32. The molecule has 1 aromatic heterocycles. The normalized spacial score (nSPS) is 15.7. The van der Waals surface area contributed by atoms with E-state index >= 15 is 0 Å². The molecule has 120 valence electrons. The van der Waals surface area contributed by atoms with E-state index in [0.29, 0.717) is 28.9 Å². The summed E-state index contributed by atoms with van der Waals surface area (Å²) in [4.78, 5) is 2.31. The first-order valence-electron chi connectivity index (χ1n) is 7.86. The summed E-state index contributed by atoms with van der Waals surface area (Å²) < 4.78 is 1.63. The molecule has 1 saturated carbocycles. The van der Waals surface area contributed by atoms with E-state index in [-0.39, 0.29) is 0 Å². The first-order chi connectivity index (χ1) is 11.2. The van der Waals surface area contributed by atoms with Crippen LogP contribution in [-0.2, 0) is 6.54 Å². The minimum Gasteiger partial charge on any atom is -0.296 e. The van der Waals surface area contributed by atoms with E-state index < -0.39 is 0 Å². The molecule has 0 spiro atoms. The topological polar surface area (TPSA) is 70.6 Å². The highest BCUT2D eigenvalue weighted by molar-refractivity contribution is 6.30. The molecular weight excluding hydrogens is 312 g/mol. The molecule has 0 amide bonds. The SMILES string of the molecule is CN(Cc1nnnn1-c1ccc(Cl)cc1C#N)C1CCCCC1. The molecule has 1 heterocycles. The Kier molecular flexibility index (Phi) is 4.89. The van der Waals surface area contributed by atoms with Gasteiger partial charge in [0.05, 0.1) is 17.8 Å².